The Morgan fingerprint density at radius 3 is 2.32 bits per heavy atom. The molecule has 4 bridgehead atoms. The molecule has 19 heavy (non-hydrogen) atoms. The molecule has 4 fully saturated rings. The van der Waals surface area contributed by atoms with Gasteiger partial charge in [-0.25, -0.2) is 0 Å². The van der Waals surface area contributed by atoms with Crippen molar-refractivity contribution in [1.82, 2.24) is 0 Å². The molecule has 1 aliphatic heterocycles. The van der Waals surface area contributed by atoms with Gasteiger partial charge in [-0.05, 0) is 74.5 Å². The third-order valence-electron chi connectivity index (χ3n) is 5.99. The van der Waals surface area contributed by atoms with Crippen LogP contribution in [0.4, 0.5) is 0 Å². The molecule has 0 radical (unpaired) electrons. The van der Waals surface area contributed by atoms with Gasteiger partial charge in [0.1, 0.15) is 0 Å². The Morgan fingerprint density at radius 1 is 1.16 bits per heavy atom. The van der Waals surface area contributed by atoms with Crippen LogP contribution in [0.15, 0.2) is 11.8 Å². The molecule has 0 aromatic carbocycles. The van der Waals surface area contributed by atoms with Crippen molar-refractivity contribution in [1.29, 1.82) is 0 Å². The number of hydrogen-bond acceptors (Lipinski definition) is 2. The van der Waals surface area contributed by atoms with Crippen LogP contribution in [0.5, 0.6) is 0 Å². The summed E-state index contributed by atoms with van der Waals surface area (Å²) in [5.41, 5.74) is 1.34. The van der Waals surface area contributed by atoms with E-state index in [0.717, 1.165) is 49.2 Å². The van der Waals surface area contributed by atoms with Crippen LogP contribution in [-0.4, -0.2) is 12.4 Å². The van der Waals surface area contributed by atoms with Crippen LogP contribution in [-0.2, 0) is 9.53 Å². The maximum absolute atomic E-state index is 12.5. The van der Waals surface area contributed by atoms with Crippen LogP contribution in [0.2, 0.25) is 0 Å². The molecular weight excluding hydrogens is 236 g/mol. The lowest BCUT2D eigenvalue weighted by Gasteiger charge is -2.56. The van der Waals surface area contributed by atoms with Crippen LogP contribution >= 0.6 is 0 Å². The molecule has 5 aliphatic rings. The van der Waals surface area contributed by atoms with Gasteiger partial charge in [0.15, 0.2) is 5.78 Å². The Kier molecular flexibility index (Phi) is 2.75. The number of rotatable bonds is 3. The second kappa shape index (κ2) is 4.36. The molecule has 0 aromatic rings. The van der Waals surface area contributed by atoms with Crippen molar-refractivity contribution >= 4 is 5.78 Å². The Labute approximate surface area is 115 Å². The predicted octanol–water partition coefficient (Wildman–Crippen LogP) is 3.86. The highest BCUT2D eigenvalue weighted by Crippen LogP contribution is 2.61. The number of Topliss-reactive ketones (excluding diaryl/α,β-unsaturated/α-hetero) is 1. The first-order valence-electron chi connectivity index (χ1n) is 8.06. The fraction of sp³-hybridized carbons (Fsp3) is 0.824. The van der Waals surface area contributed by atoms with Crippen molar-refractivity contribution < 1.29 is 9.53 Å². The van der Waals surface area contributed by atoms with E-state index in [1.165, 1.54) is 38.5 Å². The van der Waals surface area contributed by atoms with Gasteiger partial charge < -0.3 is 4.74 Å². The van der Waals surface area contributed by atoms with Crippen molar-refractivity contribution in [2.24, 2.45) is 23.2 Å². The Morgan fingerprint density at radius 2 is 1.79 bits per heavy atom. The second-order valence-electron chi connectivity index (χ2n) is 7.63. The molecule has 5 rings (SSSR count). The smallest absolute Gasteiger partial charge is 0.162 e. The van der Waals surface area contributed by atoms with E-state index in [2.05, 4.69) is 0 Å². The number of ketones is 1. The minimum absolute atomic E-state index is 0.379. The third kappa shape index (κ3) is 2.13. The fourth-order valence-corrected chi connectivity index (χ4v) is 5.73. The lowest BCUT2D eigenvalue weighted by atomic mass is 9.48. The summed E-state index contributed by atoms with van der Waals surface area (Å²) < 4.78 is 5.34. The zero-order valence-corrected chi connectivity index (χ0v) is 11.7. The average Bonchev–Trinajstić information content (AvgIpc) is 2.37. The first kappa shape index (κ1) is 12.0. The number of hydrogen-bond donors (Lipinski definition) is 0. The molecule has 104 valence electrons. The molecule has 1 heterocycles. The van der Waals surface area contributed by atoms with Crippen LogP contribution in [0.1, 0.15) is 57.8 Å². The van der Waals surface area contributed by atoms with E-state index < -0.39 is 0 Å². The van der Waals surface area contributed by atoms with Crippen molar-refractivity contribution in [3.63, 3.8) is 0 Å². The molecule has 0 atom stereocenters. The van der Waals surface area contributed by atoms with E-state index in [9.17, 15) is 4.79 Å². The topological polar surface area (TPSA) is 26.3 Å². The maximum atomic E-state index is 12.5. The molecule has 0 saturated heterocycles. The fourth-order valence-electron chi connectivity index (χ4n) is 5.73. The highest BCUT2D eigenvalue weighted by atomic mass is 16.5. The maximum Gasteiger partial charge on any atom is 0.162 e. The summed E-state index contributed by atoms with van der Waals surface area (Å²) in [6, 6.07) is 0. The summed E-state index contributed by atoms with van der Waals surface area (Å²) in [5, 5.41) is 0. The second-order valence-corrected chi connectivity index (χ2v) is 7.63. The van der Waals surface area contributed by atoms with Crippen LogP contribution < -0.4 is 0 Å². The van der Waals surface area contributed by atoms with Gasteiger partial charge in [0.2, 0.25) is 0 Å². The summed E-state index contributed by atoms with van der Waals surface area (Å²) in [4.78, 5) is 12.5. The summed E-state index contributed by atoms with van der Waals surface area (Å²) in [5.74, 6) is 3.21. The van der Waals surface area contributed by atoms with Gasteiger partial charge >= 0.3 is 0 Å². The van der Waals surface area contributed by atoms with Crippen LogP contribution in [0.25, 0.3) is 0 Å². The first-order chi connectivity index (χ1) is 9.22. The predicted molar refractivity (Wildman–Crippen MR) is 73.5 cm³/mol. The molecule has 0 spiro atoms. The van der Waals surface area contributed by atoms with Crippen molar-refractivity contribution in [2.75, 3.05) is 6.61 Å². The molecule has 0 amide bonds. The van der Waals surface area contributed by atoms with E-state index in [1.54, 1.807) is 6.26 Å². The summed E-state index contributed by atoms with van der Waals surface area (Å²) >= 11 is 0. The van der Waals surface area contributed by atoms with Crippen LogP contribution in [0.3, 0.4) is 0 Å². The standard InChI is InChI=1S/C17H24O2/c18-16(15-2-1-3-19-11-15)10-17-7-12-4-13(8-17)6-14(5-12)9-17/h11-14H,1-10H2. The molecule has 4 aliphatic carbocycles. The number of carbonyl (C=O) groups excluding carboxylic acids is 1. The minimum Gasteiger partial charge on any atom is -0.501 e. The monoisotopic (exact) mass is 260 g/mol. The van der Waals surface area contributed by atoms with Gasteiger partial charge in [0, 0.05) is 12.0 Å². The molecule has 2 nitrogen and oxygen atoms in total. The molecule has 0 unspecified atom stereocenters. The van der Waals surface area contributed by atoms with Gasteiger partial charge in [-0.2, -0.15) is 0 Å². The van der Waals surface area contributed by atoms with Crippen molar-refractivity contribution in [3.8, 4) is 0 Å². The van der Waals surface area contributed by atoms with E-state index in [-0.39, 0.29) is 0 Å². The highest BCUT2D eigenvalue weighted by Gasteiger charge is 2.51. The average molecular weight is 260 g/mol. The van der Waals surface area contributed by atoms with E-state index in [0.29, 0.717) is 11.2 Å². The lowest BCUT2D eigenvalue weighted by Crippen LogP contribution is -2.47. The quantitative estimate of drug-likeness (QED) is 0.770. The first-order valence-corrected chi connectivity index (χ1v) is 8.06. The summed E-state index contributed by atoms with van der Waals surface area (Å²) in [6.07, 6.45) is 12.9. The third-order valence-corrected chi connectivity index (χ3v) is 5.99. The largest absolute Gasteiger partial charge is 0.501 e. The zero-order valence-electron chi connectivity index (χ0n) is 11.7. The minimum atomic E-state index is 0.379. The van der Waals surface area contributed by atoms with E-state index in [4.69, 9.17) is 4.74 Å². The molecule has 2 heteroatoms. The molecule has 0 aromatic heterocycles. The highest BCUT2D eigenvalue weighted by molar-refractivity contribution is 5.95. The zero-order chi connectivity index (χ0) is 12.9. The van der Waals surface area contributed by atoms with E-state index in [1.807, 2.05) is 0 Å². The molecular formula is C17H24O2. The van der Waals surface area contributed by atoms with Crippen molar-refractivity contribution in [3.05, 3.63) is 11.8 Å². The van der Waals surface area contributed by atoms with Gasteiger partial charge in [-0.1, -0.05) is 0 Å². The van der Waals surface area contributed by atoms with Gasteiger partial charge in [0.25, 0.3) is 0 Å². The normalized spacial score (nSPS) is 43.8. The Hall–Kier alpha value is -0.790. The van der Waals surface area contributed by atoms with E-state index >= 15 is 0 Å². The summed E-state index contributed by atoms with van der Waals surface area (Å²) in [7, 11) is 0. The van der Waals surface area contributed by atoms with Gasteiger partial charge in [0.05, 0.1) is 12.9 Å². The van der Waals surface area contributed by atoms with Crippen LogP contribution in [0, 0.1) is 23.2 Å². The molecule has 4 saturated carbocycles. The lowest BCUT2D eigenvalue weighted by molar-refractivity contribution is -0.124. The Balaban J connectivity index is 1.50. The van der Waals surface area contributed by atoms with Gasteiger partial charge in [-0.3, -0.25) is 4.79 Å². The Bertz CT molecular complexity index is 386. The van der Waals surface area contributed by atoms with Gasteiger partial charge in [-0.15, -0.1) is 0 Å². The molecule has 0 N–H and O–H groups in total. The SMILES string of the molecule is O=C(CC12CC3CC(CC(C3)C1)C2)C1=COCCC1. The van der Waals surface area contributed by atoms with Crippen molar-refractivity contribution in [2.45, 2.75) is 57.8 Å². The number of ether oxygens (including phenoxy) is 1. The number of carbonyl (C=O) groups is 1. The number of allylic oxidation sites excluding steroid dienone is 1. The summed E-state index contributed by atoms with van der Waals surface area (Å²) in [6.45, 7) is 0.786.